The first-order valence-electron chi connectivity index (χ1n) is 6.94. The molecule has 1 aromatic rings. The van der Waals surface area contributed by atoms with Crippen molar-refractivity contribution in [3.63, 3.8) is 0 Å². The molecule has 0 spiro atoms. The lowest BCUT2D eigenvalue weighted by molar-refractivity contribution is 0.135. The Morgan fingerprint density at radius 2 is 2.22 bits per heavy atom. The molecule has 1 heterocycles. The molecule has 0 bridgehead atoms. The van der Waals surface area contributed by atoms with Gasteiger partial charge in [-0.1, -0.05) is 23.7 Å². The molecule has 1 aliphatic heterocycles. The highest BCUT2D eigenvalue weighted by Crippen LogP contribution is 2.36. The van der Waals surface area contributed by atoms with Crippen LogP contribution in [0.25, 0.3) is 0 Å². The Bertz CT molecular complexity index is 429. The Labute approximate surface area is 114 Å². The van der Waals surface area contributed by atoms with Crippen LogP contribution in [0.2, 0.25) is 5.02 Å². The van der Waals surface area contributed by atoms with Crippen LogP contribution < -0.4 is 5.32 Å². The summed E-state index contributed by atoms with van der Waals surface area (Å²) in [7, 11) is 0. The summed E-state index contributed by atoms with van der Waals surface area (Å²) in [6.45, 7) is 6.49. The predicted molar refractivity (Wildman–Crippen MR) is 76.0 cm³/mol. The molecule has 18 heavy (non-hydrogen) atoms. The van der Waals surface area contributed by atoms with Gasteiger partial charge in [-0.25, -0.2) is 0 Å². The molecule has 2 aliphatic rings. The summed E-state index contributed by atoms with van der Waals surface area (Å²) >= 11 is 6.35. The Kier molecular flexibility index (Phi) is 3.60. The van der Waals surface area contributed by atoms with Gasteiger partial charge in [0.1, 0.15) is 0 Å². The molecule has 0 amide bonds. The molecule has 1 aliphatic carbocycles. The third-order valence-corrected chi connectivity index (χ3v) is 4.50. The van der Waals surface area contributed by atoms with Crippen LogP contribution in [0.5, 0.6) is 0 Å². The van der Waals surface area contributed by atoms with Gasteiger partial charge in [0.05, 0.1) is 0 Å². The Morgan fingerprint density at radius 1 is 1.39 bits per heavy atom. The summed E-state index contributed by atoms with van der Waals surface area (Å²) in [6, 6.07) is 7.14. The van der Waals surface area contributed by atoms with Crippen molar-refractivity contribution in [1.29, 1.82) is 0 Å². The molecule has 1 saturated carbocycles. The third kappa shape index (κ3) is 2.71. The second-order valence-corrected chi connectivity index (χ2v) is 6.08. The van der Waals surface area contributed by atoms with Crippen molar-refractivity contribution < 1.29 is 0 Å². The van der Waals surface area contributed by atoms with E-state index in [-0.39, 0.29) is 0 Å². The minimum atomic E-state index is 0.719. The van der Waals surface area contributed by atoms with E-state index in [0.717, 1.165) is 43.2 Å². The van der Waals surface area contributed by atoms with Crippen LogP contribution >= 0.6 is 11.6 Å². The highest BCUT2D eigenvalue weighted by molar-refractivity contribution is 6.31. The van der Waals surface area contributed by atoms with Gasteiger partial charge in [-0.05, 0) is 42.9 Å². The van der Waals surface area contributed by atoms with Gasteiger partial charge in [-0.3, -0.25) is 4.90 Å². The van der Waals surface area contributed by atoms with Gasteiger partial charge in [0.25, 0.3) is 0 Å². The number of halogens is 1. The van der Waals surface area contributed by atoms with E-state index in [1.54, 1.807) is 0 Å². The number of piperazine rings is 1. The first-order chi connectivity index (χ1) is 8.74. The highest BCUT2D eigenvalue weighted by atomic mass is 35.5. The maximum atomic E-state index is 6.35. The molecule has 2 nitrogen and oxygen atoms in total. The topological polar surface area (TPSA) is 15.3 Å². The van der Waals surface area contributed by atoms with E-state index in [4.69, 9.17) is 11.6 Å². The SMILES string of the molecule is Cc1ccc(CN2CCNCC2C2CC2)c(Cl)c1. The molecule has 1 saturated heterocycles. The van der Waals surface area contributed by atoms with E-state index < -0.39 is 0 Å². The van der Waals surface area contributed by atoms with Crippen LogP contribution in [0.15, 0.2) is 18.2 Å². The zero-order valence-corrected chi connectivity index (χ0v) is 11.7. The van der Waals surface area contributed by atoms with Crippen LogP contribution in [0.3, 0.4) is 0 Å². The van der Waals surface area contributed by atoms with Crippen LogP contribution in [-0.2, 0) is 6.54 Å². The third-order valence-electron chi connectivity index (χ3n) is 4.15. The van der Waals surface area contributed by atoms with Crippen LogP contribution in [0.4, 0.5) is 0 Å². The van der Waals surface area contributed by atoms with E-state index >= 15 is 0 Å². The lowest BCUT2D eigenvalue weighted by atomic mass is 10.1. The Hall–Kier alpha value is -0.570. The molecule has 0 aromatic heterocycles. The molecule has 0 radical (unpaired) electrons. The molecule has 1 aromatic carbocycles. The fourth-order valence-corrected chi connectivity index (χ4v) is 3.20. The number of aryl methyl sites for hydroxylation is 1. The minimum absolute atomic E-state index is 0.719. The Morgan fingerprint density at radius 3 is 2.94 bits per heavy atom. The molecule has 98 valence electrons. The summed E-state index contributed by atoms with van der Waals surface area (Å²) < 4.78 is 0. The van der Waals surface area contributed by atoms with E-state index in [1.165, 1.54) is 24.0 Å². The smallest absolute Gasteiger partial charge is 0.0453 e. The minimum Gasteiger partial charge on any atom is -0.314 e. The molecule has 2 fully saturated rings. The molecular formula is C15H21ClN2. The van der Waals surface area contributed by atoms with E-state index in [2.05, 4.69) is 35.3 Å². The lowest BCUT2D eigenvalue weighted by Gasteiger charge is -2.36. The average Bonchev–Trinajstić information content (AvgIpc) is 3.17. The van der Waals surface area contributed by atoms with Crippen molar-refractivity contribution in [3.05, 3.63) is 34.3 Å². The fraction of sp³-hybridized carbons (Fsp3) is 0.600. The second kappa shape index (κ2) is 5.20. The van der Waals surface area contributed by atoms with Crippen molar-refractivity contribution in [2.24, 2.45) is 5.92 Å². The molecular weight excluding hydrogens is 244 g/mol. The molecule has 3 rings (SSSR count). The summed E-state index contributed by atoms with van der Waals surface area (Å²) in [4.78, 5) is 2.62. The monoisotopic (exact) mass is 264 g/mol. The highest BCUT2D eigenvalue weighted by Gasteiger charge is 2.36. The maximum absolute atomic E-state index is 6.35. The van der Waals surface area contributed by atoms with Gasteiger partial charge < -0.3 is 5.32 Å². The number of hydrogen-bond acceptors (Lipinski definition) is 2. The summed E-state index contributed by atoms with van der Waals surface area (Å²) in [5.74, 6) is 0.919. The van der Waals surface area contributed by atoms with Gasteiger partial charge in [0.2, 0.25) is 0 Å². The van der Waals surface area contributed by atoms with Crippen molar-refractivity contribution in [1.82, 2.24) is 10.2 Å². The predicted octanol–water partition coefficient (Wildman–Crippen LogP) is 2.83. The lowest BCUT2D eigenvalue weighted by Crippen LogP contribution is -2.51. The maximum Gasteiger partial charge on any atom is 0.0453 e. The van der Waals surface area contributed by atoms with Crippen molar-refractivity contribution in [3.8, 4) is 0 Å². The molecule has 1 N–H and O–H groups in total. The van der Waals surface area contributed by atoms with Crippen LogP contribution in [-0.4, -0.2) is 30.6 Å². The summed E-state index contributed by atoms with van der Waals surface area (Å²) in [5, 5.41) is 4.44. The second-order valence-electron chi connectivity index (χ2n) is 5.67. The fourth-order valence-electron chi connectivity index (χ4n) is 2.91. The van der Waals surface area contributed by atoms with Gasteiger partial charge in [0, 0.05) is 37.2 Å². The molecule has 3 heteroatoms. The van der Waals surface area contributed by atoms with Gasteiger partial charge in [-0.15, -0.1) is 0 Å². The number of nitrogens with one attached hydrogen (secondary N) is 1. The summed E-state index contributed by atoms with van der Waals surface area (Å²) in [5.41, 5.74) is 2.51. The van der Waals surface area contributed by atoms with Gasteiger partial charge in [-0.2, -0.15) is 0 Å². The normalized spacial score (nSPS) is 25.3. The number of nitrogens with zero attached hydrogens (tertiary/aromatic N) is 1. The van der Waals surface area contributed by atoms with Crippen LogP contribution in [0, 0.1) is 12.8 Å². The van der Waals surface area contributed by atoms with Crippen molar-refractivity contribution in [2.45, 2.75) is 32.4 Å². The standard InChI is InChI=1S/C15H21ClN2/c1-11-2-3-13(14(16)8-11)10-18-7-6-17-9-15(18)12-4-5-12/h2-3,8,12,15,17H,4-7,9-10H2,1H3. The quantitative estimate of drug-likeness (QED) is 0.903. The molecule has 1 atom stereocenters. The van der Waals surface area contributed by atoms with Gasteiger partial charge in [0.15, 0.2) is 0 Å². The van der Waals surface area contributed by atoms with Crippen molar-refractivity contribution in [2.75, 3.05) is 19.6 Å². The molecule has 1 unspecified atom stereocenters. The van der Waals surface area contributed by atoms with Crippen LogP contribution in [0.1, 0.15) is 24.0 Å². The van der Waals surface area contributed by atoms with E-state index in [1.807, 2.05) is 0 Å². The first-order valence-corrected chi connectivity index (χ1v) is 7.31. The van der Waals surface area contributed by atoms with Crippen molar-refractivity contribution >= 4 is 11.6 Å². The first kappa shape index (κ1) is 12.5. The average molecular weight is 265 g/mol. The number of benzene rings is 1. The number of rotatable bonds is 3. The largest absolute Gasteiger partial charge is 0.314 e. The van der Waals surface area contributed by atoms with Gasteiger partial charge >= 0.3 is 0 Å². The zero-order valence-electron chi connectivity index (χ0n) is 11.0. The number of hydrogen-bond donors (Lipinski definition) is 1. The van der Waals surface area contributed by atoms with E-state index in [0.29, 0.717) is 0 Å². The zero-order chi connectivity index (χ0) is 12.5. The summed E-state index contributed by atoms with van der Waals surface area (Å²) in [6.07, 6.45) is 2.81. The Balaban J connectivity index is 1.73. The van der Waals surface area contributed by atoms with E-state index in [9.17, 15) is 0 Å².